The van der Waals surface area contributed by atoms with Crippen LogP contribution in [-0.2, 0) is 12.8 Å². The van der Waals surface area contributed by atoms with Gasteiger partial charge in [-0.3, -0.25) is 10.1 Å². The normalized spacial score (nSPS) is 16.4. The topological polar surface area (TPSA) is 85.6 Å². The predicted octanol–water partition coefficient (Wildman–Crippen LogP) is 2.89. The number of aromatic nitrogens is 5. The Morgan fingerprint density at radius 2 is 2.40 bits per heavy atom. The van der Waals surface area contributed by atoms with Crippen LogP contribution in [0.2, 0.25) is 0 Å². The molecule has 1 aliphatic carbocycles. The van der Waals surface area contributed by atoms with Crippen molar-refractivity contribution in [2.24, 2.45) is 5.92 Å². The van der Waals surface area contributed by atoms with Gasteiger partial charge in [0, 0.05) is 16.6 Å². The first-order chi connectivity index (χ1) is 12.2. The Labute approximate surface area is 149 Å². The number of thiazole rings is 1. The molecular formula is C17H18N6OS. The zero-order valence-corrected chi connectivity index (χ0v) is 14.7. The zero-order valence-electron chi connectivity index (χ0n) is 13.8. The van der Waals surface area contributed by atoms with Gasteiger partial charge < -0.3 is 0 Å². The highest BCUT2D eigenvalue weighted by Crippen LogP contribution is 2.33. The molecule has 128 valence electrons. The second-order valence-corrected chi connectivity index (χ2v) is 7.19. The molecule has 4 rings (SSSR count). The fourth-order valence-corrected chi connectivity index (χ4v) is 4.14. The summed E-state index contributed by atoms with van der Waals surface area (Å²) in [7, 11) is 0. The van der Waals surface area contributed by atoms with Crippen molar-refractivity contribution in [3.63, 3.8) is 0 Å². The number of amides is 1. The predicted molar refractivity (Wildman–Crippen MR) is 95.0 cm³/mol. The molecule has 0 aliphatic heterocycles. The minimum absolute atomic E-state index is 0.193. The van der Waals surface area contributed by atoms with Crippen LogP contribution in [0.15, 0.2) is 31.0 Å². The van der Waals surface area contributed by atoms with Crippen LogP contribution in [0, 0.1) is 5.92 Å². The fourth-order valence-electron chi connectivity index (χ4n) is 3.03. The number of nitrogens with one attached hydrogen (secondary N) is 1. The van der Waals surface area contributed by atoms with Gasteiger partial charge >= 0.3 is 0 Å². The van der Waals surface area contributed by atoms with E-state index in [-0.39, 0.29) is 5.91 Å². The SMILES string of the molecule is CC[C@@H]1CCc2nc(NC(=O)c3ccnc(-n4cncn4)c3)sc2C1. The third kappa shape index (κ3) is 3.30. The van der Waals surface area contributed by atoms with E-state index in [1.165, 1.54) is 28.7 Å². The van der Waals surface area contributed by atoms with Gasteiger partial charge in [0.15, 0.2) is 10.9 Å². The number of fused-ring (bicyclic) bond motifs is 1. The summed E-state index contributed by atoms with van der Waals surface area (Å²) in [6.45, 7) is 2.23. The molecule has 0 spiro atoms. The molecule has 0 bridgehead atoms. The van der Waals surface area contributed by atoms with E-state index in [0.717, 1.165) is 24.5 Å². The smallest absolute Gasteiger partial charge is 0.257 e. The van der Waals surface area contributed by atoms with E-state index >= 15 is 0 Å². The van der Waals surface area contributed by atoms with Crippen LogP contribution >= 0.6 is 11.3 Å². The van der Waals surface area contributed by atoms with Crippen LogP contribution < -0.4 is 5.32 Å². The summed E-state index contributed by atoms with van der Waals surface area (Å²) in [5, 5.41) is 7.62. The summed E-state index contributed by atoms with van der Waals surface area (Å²) < 4.78 is 1.52. The average Bonchev–Trinajstić information content (AvgIpc) is 3.30. The Morgan fingerprint density at radius 1 is 1.48 bits per heavy atom. The zero-order chi connectivity index (χ0) is 17.2. The number of anilines is 1. The van der Waals surface area contributed by atoms with E-state index in [0.29, 0.717) is 16.5 Å². The number of carbonyl (C=O) groups is 1. The summed E-state index contributed by atoms with van der Waals surface area (Å²) in [4.78, 5) is 26.6. The molecule has 1 N–H and O–H groups in total. The molecule has 7 nitrogen and oxygen atoms in total. The van der Waals surface area contributed by atoms with Crippen molar-refractivity contribution in [3.05, 3.63) is 47.1 Å². The molecule has 0 aromatic carbocycles. The highest BCUT2D eigenvalue weighted by Gasteiger charge is 2.22. The number of hydrogen-bond donors (Lipinski definition) is 1. The Morgan fingerprint density at radius 3 is 3.20 bits per heavy atom. The van der Waals surface area contributed by atoms with Gasteiger partial charge in [0.1, 0.15) is 12.7 Å². The maximum absolute atomic E-state index is 12.6. The Hall–Kier alpha value is -2.61. The van der Waals surface area contributed by atoms with Gasteiger partial charge in [-0.1, -0.05) is 13.3 Å². The lowest BCUT2D eigenvalue weighted by Gasteiger charge is -2.18. The lowest BCUT2D eigenvalue weighted by Crippen LogP contribution is -2.13. The van der Waals surface area contributed by atoms with Crippen molar-refractivity contribution in [1.82, 2.24) is 24.7 Å². The molecule has 0 saturated heterocycles. The van der Waals surface area contributed by atoms with E-state index in [2.05, 4.69) is 32.3 Å². The van der Waals surface area contributed by atoms with E-state index in [1.54, 1.807) is 36.0 Å². The molecule has 8 heteroatoms. The molecule has 0 fully saturated rings. The minimum atomic E-state index is -0.193. The molecule has 3 aromatic rings. The number of hydrogen-bond acceptors (Lipinski definition) is 6. The molecule has 25 heavy (non-hydrogen) atoms. The van der Waals surface area contributed by atoms with Gasteiger partial charge in [0.05, 0.1) is 5.69 Å². The van der Waals surface area contributed by atoms with Crippen molar-refractivity contribution in [2.45, 2.75) is 32.6 Å². The van der Waals surface area contributed by atoms with Crippen LogP contribution in [0.5, 0.6) is 0 Å². The first-order valence-electron chi connectivity index (χ1n) is 8.34. The van der Waals surface area contributed by atoms with Gasteiger partial charge in [-0.15, -0.1) is 11.3 Å². The van der Waals surface area contributed by atoms with E-state index in [1.807, 2.05) is 0 Å². The summed E-state index contributed by atoms with van der Waals surface area (Å²) in [6.07, 6.45) is 9.02. The number of aryl methyl sites for hydroxylation is 1. The maximum atomic E-state index is 12.6. The third-order valence-electron chi connectivity index (χ3n) is 4.50. The van der Waals surface area contributed by atoms with Gasteiger partial charge in [-0.05, 0) is 37.3 Å². The monoisotopic (exact) mass is 354 g/mol. The average molecular weight is 354 g/mol. The number of rotatable bonds is 4. The summed E-state index contributed by atoms with van der Waals surface area (Å²) in [5.41, 5.74) is 1.66. The quantitative estimate of drug-likeness (QED) is 0.778. The van der Waals surface area contributed by atoms with Crippen LogP contribution in [0.3, 0.4) is 0 Å². The van der Waals surface area contributed by atoms with Crippen LogP contribution in [-0.4, -0.2) is 30.6 Å². The number of pyridine rings is 1. The summed E-state index contributed by atoms with van der Waals surface area (Å²) >= 11 is 1.59. The number of nitrogens with zero attached hydrogens (tertiary/aromatic N) is 5. The van der Waals surface area contributed by atoms with Gasteiger partial charge in [-0.2, -0.15) is 5.10 Å². The lowest BCUT2D eigenvalue weighted by atomic mass is 9.89. The molecule has 1 aliphatic rings. The van der Waals surface area contributed by atoms with Gasteiger partial charge in [0.2, 0.25) is 0 Å². The highest BCUT2D eigenvalue weighted by molar-refractivity contribution is 7.15. The summed E-state index contributed by atoms with van der Waals surface area (Å²) in [5.74, 6) is 1.10. The Bertz CT molecular complexity index is 888. The van der Waals surface area contributed by atoms with Crippen molar-refractivity contribution in [2.75, 3.05) is 5.32 Å². The van der Waals surface area contributed by atoms with Crippen molar-refractivity contribution in [3.8, 4) is 5.82 Å². The van der Waals surface area contributed by atoms with Gasteiger partial charge in [0.25, 0.3) is 5.91 Å². The third-order valence-corrected chi connectivity index (χ3v) is 5.54. The van der Waals surface area contributed by atoms with E-state index < -0.39 is 0 Å². The standard InChI is InChI=1S/C17H18N6OS/c1-2-11-3-4-13-14(7-11)25-17(21-13)22-16(24)12-5-6-19-15(8-12)23-10-18-9-20-23/h5-6,8-11H,2-4,7H2,1H3,(H,21,22,24)/t11-/m1/s1. The molecule has 0 saturated carbocycles. The first kappa shape index (κ1) is 15.9. The molecule has 3 aromatic heterocycles. The van der Waals surface area contributed by atoms with Crippen LogP contribution in [0.4, 0.5) is 5.13 Å². The lowest BCUT2D eigenvalue weighted by molar-refractivity contribution is 0.102. The molecule has 1 atom stereocenters. The summed E-state index contributed by atoms with van der Waals surface area (Å²) in [6, 6.07) is 3.36. The highest BCUT2D eigenvalue weighted by atomic mass is 32.1. The molecule has 0 unspecified atom stereocenters. The second-order valence-electron chi connectivity index (χ2n) is 6.10. The minimum Gasteiger partial charge on any atom is -0.298 e. The molecule has 0 radical (unpaired) electrons. The largest absolute Gasteiger partial charge is 0.298 e. The van der Waals surface area contributed by atoms with Crippen LogP contribution in [0.1, 0.15) is 40.7 Å². The van der Waals surface area contributed by atoms with Gasteiger partial charge in [-0.25, -0.2) is 19.6 Å². The first-order valence-corrected chi connectivity index (χ1v) is 9.15. The Balaban J connectivity index is 1.51. The molecular weight excluding hydrogens is 336 g/mol. The number of carbonyl (C=O) groups excluding carboxylic acids is 1. The van der Waals surface area contributed by atoms with Crippen molar-refractivity contribution < 1.29 is 4.79 Å². The van der Waals surface area contributed by atoms with E-state index in [4.69, 9.17) is 0 Å². The maximum Gasteiger partial charge on any atom is 0.257 e. The fraction of sp³-hybridized carbons (Fsp3) is 0.353. The van der Waals surface area contributed by atoms with Crippen LogP contribution in [0.25, 0.3) is 5.82 Å². The van der Waals surface area contributed by atoms with Crippen molar-refractivity contribution in [1.29, 1.82) is 0 Å². The second kappa shape index (κ2) is 6.72. The van der Waals surface area contributed by atoms with Crippen molar-refractivity contribution >= 4 is 22.4 Å². The molecule has 1 amide bonds. The molecule has 3 heterocycles. The van der Waals surface area contributed by atoms with E-state index in [9.17, 15) is 4.79 Å². The Kier molecular flexibility index (Phi) is 4.27.